The number of carbonyl (C=O) groups is 2. The van der Waals surface area contributed by atoms with Crippen molar-refractivity contribution in [2.75, 3.05) is 13.1 Å². The smallest absolute Gasteiger partial charge is 0.248 e. The number of nitrogens with one attached hydrogen (secondary N) is 1. The Morgan fingerprint density at radius 2 is 1.97 bits per heavy atom. The van der Waals surface area contributed by atoms with Crippen LogP contribution in [0.3, 0.4) is 0 Å². The fraction of sp³-hybridized carbons (Fsp3) is 0.826. The summed E-state index contributed by atoms with van der Waals surface area (Å²) in [6.07, 6.45) is 7.01. The SMILES string of the molecule is CC(C)(C)[C@@H](C(=O)N1C[C@H](O)C[C@H]1C(=O)NCC(O)CCC1CC1)n1cc(C2CC2)nn1. The largest absolute Gasteiger partial charge is 0.391 e. The molecule has 9 heteroatoms. The van der Waals surface area contributed by atoms with Crippen LogP contribution in [0.1, 0.15) is 83.4 Å². The maximum Gasteiger partial charge on any atom is 0.248 e. The third-order valence-corrected chi connectivity index (χ3v) is 6.82. The second-order valence-electron chi connectivity index (χ2n) is 11.0. The van der Waals surface area contributed by atoms with Crippen LogP contribution in [0.25, 0.3) is 0 Å². The Hall–Kier alpha value is -2.00. The lowest BCUT2D eigenvalue weighted by Gasteiger charge is -2.34. The number of aromatic nitrogens is 3. The summed E-state index contributed by atoms with van der Waals surface area (Å²) in [5.41, 5.74) is 0.446. The van der Waals surface area contributed by atoms with Crippen molar-refractivity contribution < 1.29 is 19.8 Å². The molecule has 0 spiro atoms. The number of hydrogen-bond donors (Lipinski definition) is 3. The molecule has 3 N–H and O–H groups in total. The number of aliphatic hydroxyl groups excluding tert-OH is 2. The van der Waals surface area contributed by atoms with E-state index in [1.807, 2.05) is 27.0 Å². The maximum absolute atomic E-state index is 13.7. The summed E-state index contributed by atoms with van der Waals surface area (Å²) in [6.45, 7) is 6.16. The molecule has 9 nitrogen and oxygen atoms in total. The molecule has 2 heterocycles. The first kappa shape index (κ1) is 23.2. The minimum Gasteiger partial charge on any atom is -0.391 e. The van der Waals surface area contributed by atoms with Gasteiger partial charge >= 0.3 is 0 Å². The summed E-state index contributed by atoms with van der Waals surface area (Å²) in [5.74, 6) is 0.587. The molecule has 4 rings (SSSR count). The van der Waals surface area contributed by atoms with E-state index < -0.39 is 29.7 Å². The monoisotopic (exact) mass is 447 g/mol. The minimum atomic E-state index is -0.760. The number of hydrogen-bond acceptors (Lipinski definition) is 6. The first-order valence-electron chi connectivity index (χ1n) is 12.0. The van der Waals surface area contributed by atoms with Crippen molar-refractivity contribution >= 4 is 11.8 Å². The van der Waals surface area contributed by atoms with E-state index in [2.05, 4.69) is 15.6 Å². The average Bonchev–Trinajstić information content (AvgIpc) is 3.65. The predicted molar refractivity (Wildman–Crippen MR) is 118 cm³/mol. The quantitative estimate of drug-likeness (QED) is 0.526. The van der Waals surface area contributed by atoms with E-state index in [4.69, 9.17) is 0 Å². The standard InChI is InChI=1S/C23H37N5O4/c1-23(2,3)20(28-13-18(25-26-28)15-7-8-15)22(32)27-12-17(30)10-19(27)21(31)24-11-16(29)9-6-14-4-5-14/h13-17,19-20,29-30H,4-12H2,1-3H3,(H,24,31)/t16?,17-,19+,20-/m1/s1. The predicted octanol–water partition coefficient (Wildman–Crippen LogP) is 1.37. The zero-order chi connectivity index (χ0) is 23.0. The minimum absolute atomic E-state index is 0.109. The topological polar surface area (TPSA) is 121 Å². The average molecular weight is 448 g/mol. The highest BCUT2D eigenvalue weighted by Crippen LogP contribution is 2.40. The van der Waals surface area contributed by atoms with Crippen LogP contribution in [0.15, 0.2) is 6.20 Å². The first-order valence-corrected chi connectivity index (χ1v) is 12.0. The van der Waals surface area contributed by atoms with Gasteiger partial charge in [-0.2, -0.15) is 0 Å². The molecule has 3 fully saturated rings. The molecule has 1 saturated heterocycles. The van der Waals surface area contributed by atoms with Crippen molar-refractivity contribution in [1.29, 1.82) is 0 Å². The first-order chi connectivity index (χ1) is 15.1. The van der Waals surface area contributed by atoms with Crippen LogP contribution in [0.2, 0.25) is 0 Å². The van der Waals surface area contributed by atoms with Crippen molar-refractivity contribution in [3.63, 3.8) is 0 Å². The fourth-order valence-electron chi connectivity index (χ4n) is 4.60. The zero-order valence-electron chi connectivity index (χ0n) is 19.4. The zero-order valence-corrected chi connectivity index (χ0v) is 19.4. The Morgan fingerprint density at radius 1 is 1.25 bits per heavy atom. The molecule has 0 bridgehead atoms. The van der Waals surface area contributed by atoms with Gasteiger partial charge in [0, 0.05) is 31.6 Å². The Bertz CT molecular complexity index is 827. The molecule has 0 radical (unpaired) electrons. The molecule has 1 aromatic heterocycles. The highest BCUT2D eigenvalue weighted by atomic mass is 16.3. The van der Waals surface area contributed by atoms with Gasteiger partial charge in [-0.15, -0.1) is 5.10 Å². The molecule has 1 aromatic rings. The normalized spacial score (nSPS) is 25.6. The van der Waals surface area contributed by atoms with Crippen LogP contribution < -0.4 is 5.32 Å². The van der Waals surface area contributed by atoms with Crippen LogP contribution in [0.5, 0.6) is 0 Å². The van der Waals surface area contributed by atoms with Gasteiger partial charge < -0.3 is 20.4 Å². The van der Waals surface area contributed by atoms with Gasteiger partial charge in [-0.05, 0) is 37.0 Å². The summed E-state index contributed by atoms with van der Waals surface area (Å²) in [5, 5.41) is 31.8. The number of likely N-dealkylation sites (tertiary alicyclic amines) is 1. The van der Waals surface area contributed by atoms with E-state index in [9.17, 15) is 19.8 Å². The molecule has 3 aliphatic rings. The van der Waals surface area contributed by atoms with Crippen LogP contribution in [0.4, 0.5) is 0 Å². The summed E-state index contributed by atoms with van der Waals surface area (Å²) in [6, 6.07) is -1.39. The van der Waals surface area contributed by atoms with Gasteiger partial charge in [0.1, 0.15) is 12.1 Å². The van der Waals surface area contributed by atoms with Gasteiger partial charge in [0.15, 0.2) is 0 Å². The van der Waals surface area contributed by atoms with E-state index in [1.165, 1.54) is 17.7 Å². The van der Waals surface area contributed by atoms with Crippen molar-refractivity contribution in [3.8, 4) is 0 Å². The van der Waals surface area contributed by atoms with Gasteiger partial charge in [-0.1, -0.05) is 38.8 Å². The van der Waals surface area contributed by atoms with E-state index >= 15 is 0 Å². The Morgan fingerprint density at radius 3 is 2.59 bits per heavy atom. The molecule has 2 aliphatic carbocycles. The molecule has 32 heavy (non-hydrogen) atoms. The van der Waals surface area contributed by atoms with Gasteiger partial charge in [-0.3, -0.25) is 9.59 Å². The molecule has 1 aliphatic heterocycles. The molecular formula is C23H37N5O4. The number of aliphatic hydroxyl groups is 2. The number of rotatable bonds is 9. The van der Waals surface area contributed by atoms with E-state index in [-0.39, 0.29) is 31.3 Å². The van der Waals surface area contributed by atoms with E-state index in [0.29, 0.717) is 12.3 Å². The van der Waals surface area contributed by atoms with Crippen LogP contribution >= 0.6 is 0 Å². The van der Waals surface area contributed by atoms with Crippen molar-refractivity contribution in [3.05, 3.63) is 11.9 Å². The third kappa shape index (κ3) is 5.49. The Balaban J connectivity index is 1.43. The lowest BCUT2D eigenvalue weighted by Crippen LogP contribution is -2.51. The molecule has 2 amide bonds. The molecular weight excluding hydrogens is 410 g/mol. The second-order valence-corrected chi connectivity index (χ2v) is 11.0. The fourth-order valence-corrected chi connectivity index (χ4v) is 4.60. The summed E-state index contributed by atoms with van der Waals surface area (Å²) >= 11 is 0. The van der Waals surface area contributed by atoms with E-state index in [1.54, 1.807) is 4.68 Å². The molecule has 2 saturated carbocycles. The third-order valence-electron chi connectivity index (χ3n) is 6.82. The lowest BCUT2D eigenvalue weighted by atomic mass is 9.85. The van der Waals surface area contributed by atoms with Crippen molar-refractivity contribution in [2.24, 2.45) is 11.3 Å². The number of β-amino-alcohol motifs (C(OH)–C–C–N with tert-alkyl or cyclic N) is 1. The Labute approximate surface area is 189 Å². The van der Waals surface area contributed by atoms with E-state index in [0.717, 1.165) is 30.9 Å². The molecule has 0 aromatic carbocycles. The van der Waals surface area contributed by atoms with Crippen molar-refractivity contribution in [2.45, 2.75) is 95.9 Å². The number of carbonyl (C=O) groups excluding carboxylic acids is 2. The highest BCUT2D eigenvalue weighted by Gasteiger charge is 2.45. The van der Waals surface area contributed by atoms with Gasteiger partial charge in [0.25, 0.3) is 0 Å². The highest BCUT2D eigenvalue weighted by molar-refractivity contribution is 5.90. The Kier molecular flexibility index (Phi) is 6.58. The van der Waals surface area contributed by atoms with Gasteiger partial charge in [-0.25, -0.2) is 4.68 Å². The number of amides is 2. The lowest BCUT2D eigenvalue weighted by molar-refractivity contribution is -0.144. The van der Waals surface area contributed by atoms with Crippen LogP contribution in [0, 0.1) is 11.3 Å². The second kappa shape index (κ2) is 9.09. The molecule has 4 atom stereocenters. The maximum atomic E-state index is 13.7. The van der Waals surface area contributed by atoms with Gasteiger partial charge in [0.2, 0.25) is 11.8 Å². The van der Waals surface area contributed by atoms with Gasteiger partial charge in [0.05, 0.1) is 17.9 Å². The molecule has 178 valence electrons. The summed E-state index contributed by atoms with van der Waals surface area (Å²) in [7, 11) is 0. The van der Waals surface area contributed by atoms with Crippen LogP contribution in [-0.2, 0) is 9.59 Å². The van der Waals surface area contributed by atoms with Crippen molar-refractivity contribution in [1.82, 2.24) is 25.2 Å². The summed E-state index contributed by atoms with van der Waals surface area (Å²) in [4.78, 5) is 28.1. The number of nitrogens with zero attached hydrogens (tertiary/aromatic N) is 4. The molecule has 1 unspecified atom stereocenters. The summed E-state index contributed by atoms with van der Waals surface area (Å²) < 4.78 is 1.62. The van der Waals surface area contributed by atoms with Crippen LogP contribution in [-0.4, -0.2) is 73.3 Å².